The van der Waals surface area contributed by atoms with Crippen molar-refractivity contribution in [3.05, 3.63) is 0 Å². The van der Waals surface area contributed by atoms with Crippen LogP contribution in [-0.4, -0.2) is 140 Å². The number of unbranched alkanes of at least 4 members (excludes halogenated alkanes) is 10. The fourth-order valence-electron chi connectivity index (χ4n) is 3.99. The van der Waals surface area contributed by atoms with Gasteiger partial charge in [-0.05, 0) is 57.2 Å². The SMILES string of the molecule is CC.CC.CCCC.CSSC.CSSC.O=C(O)CCCCCCCCCCCCC(=O)NC(CCC(=O)NCCOCCOCC(=O)NCCOCCO)C(=O)O.OS. The van der Waals surface area contributed by atoms with Crippen LogP contribution in [0.4, 0.5) is 0 Å². The molecule has 20 heteroatoms. The van der Waals surface area contributed by atoms with Crippen LogP contribution >= 0.6 is 56.1 Å². The fourth-order valence-corrected chi connectivity index (χ4v) is 3.99. The zero-order valence-electron chi connectivity index (χ0n) is 39.4. The van der Waals surface area contributed by atoms with Gasteiger partial charge in [-0.2, -0.15) is 0 Å². The van der Waals surface area contributed by atoms with Crippen molar-refractivity contribution in [2.75, 3.05) is 84.4 Å². The predicted octanol–water partition coefficient (Wildman–Crippen LogP) is 8.88. The number of carboxylic acid groups (broad SMARTS) is 2. The molecule has 0 aromatic carbocycles. The molecule has 0 spiro atoms. The van der Waals surface area contributed by atoms with E-state index in [0.29, 0.717) is 19.6 Å². The molecule has 1 atom stereocenters. The van der Waals surface area contributed by atoms with Crippen LogP contribution in [0.15, 0.2) is 0 Å². The highest BCUT2D eigenvalue weighted by molar-refractivity contribution is 8.76. The number of rotatable bonds is 34. The average molecular weight is 977 g/mol. The molecule has 0 bridgehead atoms. The largest absolute Gasteiger partial charge is 0.481 e. The van der Waals surface area contributed by atoms with Gasteiger partial charge < -0.3 is 50.0 Å². The Morgan fingerprint density at radius 2 is 0.934 bits per heavy atom. The van der Waals surface area contributed by atoms with Crippen LogP contribution in [0.1, 0.15) is 144 Å². The van der Waals surface area contributed by atoms with Crippen molar-refractivity contribution in [3.63, 3.8) is 0 Å². The van der Waals surface area contributed by atoms with Crippen molar-refractivity contribution in [2.24, 2.45) is 0 Å². The zero-order chi connectivity index (χ0) is 48.2. The maximum atomic E-state index is 12.2. The van der Waals surface area contributed by atoms with E-state index in [9.17, 15) is 29.1 Å². The summed E-state index contributed by atoms with van der Waals surface area (Å²) in [7, 11) is 7.09. The summed E-state index contributed by atoms with van der Waals surface area (Å²) in [6.45, 7) is 13.9. The predicted molar refractivity (Wildman–Crippen MR) is 266 cm³/mol. The van der Waals surface area contributed by atoms with Gasteiger partial charge in [0, 0.05) is 32.4 Å². The van der Waals surface area contributed by atoms with Crippen LogP contribution in [0.25, 0.3) is 0 Å². The van der Waals surface area contributed by atoms with Gasteiger partial charge in [0.2, 0.25) is 17.7 Å². The number of aliphatic hydroxyl groups excluding tert-OH is 1. The third-order valence-electron chi connectivity index (χ3n) is 7.15. The molecule has 0 aliphatic rings. The molecule has 0 saturated heterocycles. The molecule has 370 valence electrons. The summed E-state index contributed by atoms with van der Waals surface area (Å²) in [5.74, 6) is -2.91. The van der Waals surface area contributed by atoms with Gasteiger partial charge in [-0.15, -0.1) is 0 Å². The van der Waals surface area contributed by atoms with Crippen molar-refractivity contribution >= 4 is 85.7 Å². The van der Waals surface area contributed by atoms with Crippen LogP contribution in [0, 0.1) is 0 Å². The number of nitrogens with one attached hydrogen (secondary N) is 3. The first-order valence-corrected chi connectivity index (χ1v) is 27.8. The average Bonchev–Trinajstić information content (AvgIpc) is 3.28. The molecule has 0 radical (unpaired) electrons. The maximum absolute atomic E-state index is 12.2. The van der Waals surface area contributed by atoms with Crippen LogP contribution < -0.4 is 16.0 Å². The molecule has 15 nitrogen and oxygen atoms in total. The van der Waals surface area contributed by atoms with E-state index in [-0.39, 0.29) is 89.6 Å². The first-order valence-electron chi connectivity index (χ1n) is 21.5. The number of hydrogen-bond acceptors (Lipinski definition) is 15. The molecule has 0 heterocycles. The van der Waals surface area contributed by atoms with Crippen molar-refractivity contribution in [1.29, 1.82) is 0 Å². The van der Waals surface area contributed by atoms with E-state index in [1.54, 1.807) is 43.2 Å². The summed E-state index contributed by atoms with van der Waals surface area (Å²) in [5.41, 5.74) is 0. The number of thiol groups is 1. The molecule has 0 fully saturated rings. The standard InChI is InChI=1S/C29H53N3O11.C4H10.2C2H6S2.2C2H6.H2OS/c33-17-20-41-18-16-31-27(36)23-43-22-21-42-19-15-30-25(34)14-13-24(29(39)40)32-26(35)11-9-7-5-3-1-2-4-6-8-10-12-28(37)38;3*1-3-4-2;3*1-2/h24,33H,1-23H2,(H,30,34)(H,31,36)(H,32,35)(H,37,38)(H,39,40);3-4H2,1-2H3;2*1-2H3;2*1-2H3;1-2H. The van der Waals surface area contributed by atoms with Gasteiger partial charge in [0.25, 0.3) is 0 Å². The Hall–Kier alpha value is -1.10. The van der Waals surface area contributed by atoms with E-state index in [0.717, 1.165) is 57.8 Å². The Labute approximate surface area is 392 Å². The molecule has 0 rings (SSSR count). The Morgan fingerprint density at radius 3 is 1.33 bits per heavy atom. The topological polar surface area (TPSA) is 230 Å². The van der Waals surface area contributed by atoms with E-state index < -0.39 is 18.0 Å². The summed E-state index contributed by atoms with van der Waals surface area (Å²) in [5, 5.41) is 34.3. The van der Waals surface area contributed by atoms with Crippen LogP contribution in [0.3, 0.4) is 0 Å². The lowest BCUT2D eigenvalue weighted by molar-refractivity contribution is -0.142. The molecule has 3 amide bonds. The lowest BCUT2D eigenvalue weighted by Gasteiger charge is -2.14. The lowest BCUT2D eigenvalue weighted by atomic mass is 10.0. The summed E-state index contributed by atoms with van der Waals surface area (Å²) in [6.07, 6.45) is 21.0. The number of amides is 3. The molecule has 7 N–H and O–H groups in total. The van der Waals surface area contributed by atoms with E-state index in [4.69, 9.17) is 29.0 Å². The van der Waals surface area contributed by atoms with E-state index in [2.05, 4.69) is 67.7 Å². The van der Waals surface area contributed by atoms with Crippen molar-refractivity contribution < 1.29 is 58.1 Å². The second-order valence-electron chi connectivity index (χ2n) is 11.8. The van der Waals surface area contributed by atoms with Gasteiger partial charge in [-0.25, -0.2) is 4.79 Å². The molecule has 0 aromatic rings. The van der Waals surface area contributed by atoms with E-state index in [1.165, 1.54) is 12.8 Å². The van der Waals surface area contributed by atoms with Crippen molar-refractivity contribution in [1.82, 2.24) is 16.0 Å². The van der Waals surface area contributed by atoms with Gasteiger partial charge in [0.15, 0.2) is 0 Å². The first-order chi connectivity index (χ1) is 29.5. The van der Waals surface area contributed by atoms with Gasteiger partial charge in [0.1, 0.15) is 12.6 Å². The minimum absolute atomic E-state index is 0.0203. The van der Waals surface area contributed by atoms with Gasteiger partial charge in [-0.1, -0.05) is 149 Å². The van der Waals surface area contributed by atoms with E-state index in [1.807, 2.05) is 27.7 Å². The molecule has 61 heavy (non-hydrogen) atoms. The minimum Gasteiger partial charge on any atom is -0.481 e. The molecule has 0 saturated carbocycles. The minimum atomic E-state index is -1.18. The van der Waals surface area contributed by atoms with Crippen LogP contribution in [0.5, 0.6) is 0 Å². The van der Waals surface area contributed by atoms with Gasteiger partial charge in [-0.3, -0.25) is 19.2 Å². The Bertz CT molecular complexity index is 875. The highest BCUT2D eigenvalue weighted by Gasteiger charge is 2.20. The number of carbonyl (C=O) groups excluding carboxylic acids is 3. The Morgan fingerprint density at radius 1 is 0.541 bits per heavy atom. The summed E-state index contributed by atoms with van der Waals surface area (Å²) < 4.78 is 22.2. The molecule has 0 aromatic heterocycles. The van der Waals surface area contributed by atoms with Gasteiger partial charge >= 0.3 is 11.9 Å². The number of carbonyl (C=O) groups is 5. The molecule has 1 unspecified atom stereocenters. The Kier molecular flexibility index (Phi) is 89.2. The first kappa shape index (κ1) is 74.3. The van der Waals surface area contributed by atoms with Crippen molar-refractivity contribution in [3.8, 4) is 0 Å². The number of hydrogen-bond donors (Lipinski definition) is 8. The highest BCUT2D eigenvalue weighted by atomic mass is 33.1. The monoisotopic (exact) mass is 976 g/mol. The molecular weight excluding hydrogens is 887 g/mol. The lowest BCUT2D eigenvalue weighted by Crippen LogP contribution is -2.41. The summed E-state index contributed by atoms with van der Waals surface area (Å²) in [4.78, 5) is 57.7. The molecule has 0 aliphatic heterocycles. The van der Waals surface area contributed by atoms with E-state index >= 15 is 0 Å². The maximum Gasteiger partial charge on any atom is 0.326 e. The summed E-state index contributed by atoms with van der Waals surface area (Å²) >= 11 is 2.53. The fraction of sp³-hybridized carbons (Fsp3) is 0.878. The number of aliphatic hydroxyl groups is 1. The number of aliphatic carboxylic acids is 2. The molecule has 0 aliphatic carbocycles. The second kappa shape index (κ2) is 73.3. The normalized spacial score (nSPS) is 9.92. The quantitative estimate of drug-likeness (QED) is 0.0130. The van der Waals surface area contributed by atoms with Crippen LogP contribution in [-0.2, 0) is 38.2 Å². The second-order valence-corrected chi connectivity index (χ2v) is 17.1. The van der Waals surface area contributed by atoms with Crippen molar-refractivity contribution in [2.45, 2.75) is 150 Å². The smallest absolute Gasteiger partial charge is 0.326 e. The van der Waals surface area contributed by atoms with Crippen LogP contribution in [0.2, 0.25) is 0 Å². The third-order valence-corrected chi connectivity index (χ3v) is 9.82. The third kappa shape index (κ3) is 83.1. The van der Waals surface area contributed by atoms with Gasteiger partial charge in [0.05, 0.1) is 39.6 Å². The number of carboxylic acids is 2. The molecular formula is C41H89N3O12S5. The zero-order valence-corrected chi connectivity index (χ0v) is 43.6. The summed E-state index contributed by atoms with van der Waals surface area (Å²) in [6, 6.07) is -1.13. The Balaban J connectivity index is -0.000000275. The highest BCUT2D eigenvalue weighted by Crippen LogP contribution is 2.12. The number of ether oxygens (including phenoxy) is 3.